The number of hydrogen-bond donors (Lipinski definition) is 3. The number of aliphatic hydroxyl groups excluding tert-OH is 1. The first-order chi connectivity index (χ1) is 56.2. The number of carbonyl (C=O) groups is 4. The van der Waals surface area contributed by atoms with Crippen LogP contribution in [-0.4, -0.2) is 96.7 Å². The molecule has 0 aliphatic rings. The third kappa shape index (κ3) is 89.6. The molecule has 0 heterocycles. The van der Waals surface area contributed by atoms with Gasteiger partial charge >= 0.3 is 39.5 Å². The van der Waals surface area contributed by atoms with E-state index in [-0.39, 0.29) is 25.7 Å². The molecule has 17 nitrogen and oxygen atoms in total. The molecular weight excluding hydrogens is 1490 g/mol. The molecule has 115 heavy (non-hydrogen) atoms. The van der Waals surface area contributed by atoms with Crippen molar-refractivity contribution in [3.8, 4) is 0 Å². The first-order valence-corrected chi connectivity index (χ1v) is 52.8. The minimum Gasteiger partial charge on any atom is -0.462 e. The zero-order chi connectivity index (χ0) is 83.8. The van der Waals surface area contributed by atoms with E-state index in [9.17, 15) is 43.2 Å². The van der Waals surface area contributed by atoms with Crippen LogP contribution >= 0.6 is 15.6 Å². The zero-order valence-electron chi connectivity index (χ0n) is 75.8. The van der Waals surface area contributed by atoms with Crippen LogP contribution in [0.2, 0.25) is 0 Å². The average Bonchev–Trinajstić information content (AvgIpc) is 0.890. The standard InChI is InChI=1S/C96H188O17P2/c1-5-9-13-17-21-25-29-32-35-38-41-44-46-49-51-54-57-61-65-69-73-77-81-94(99)107-87-92(113-96(101)83-79-75-71-67-63-59-56-53-50-47-45-42-39-36-33-30-26-22-18-14-10-6-2)89-111-115(104,105)109-85-90(97)84-108-114(102,103)110-88-91(86-106-93(98)80-76-72-68-64-60-28-24-20-16-12-8-4)112-95(100)82-78-74-70-66-62-58-55-52-48-43-40-37-34-31-27-23-19-15-11-7-3/h90-92,97H,5-89H2,1-4H3,(H,102,103)(H,104,105)/t90-,91+,92+/m0/s1. The normalized spacial score (nSPS) is 13.6. The molecule has 19 heteroatoms. The molecule has 0 aromatic carbocycles. The molecule has 0 fully saturated rings. The molecule has 0 amide bonds. The Morgan fingerprint density at radius 2 is 0.348 bits per heavy atom. The topological polar surface area (TPSA) is 237 Å². The summed E-state index contributed by atoms with van der Waals surface area (Å²) in [6, 6.07) is 0. The van der Waals surface area contributed by atoms with Crippen LogP contribution in [0.3, 0.4) is 0 Å². The molecule has 0 aliphatic heterocycles. The Balaban J connectivity index is 5.21. The van der Waals surface area contributed by atoms with Crippen LogP contribution in [0.15, 0.2) is 0 Å². The Morgan fingerprint density at radius 1 is 0.209 bits per heavy atom. The van der Waals surface area contributed by atoms with Crippen molar-refractivity contribution in [2.75, 3.05) is 39.6 Å². The van der Waals surface area contributed by atoms with Crippen LogP contribution in [0, 0.1) is 0 Å². The van der Waals surface area contributed by atoms with Gasteiger partial charge in [0, 0.05) is 25.7 Å². The largest absolute Gasteiger partial charge is 0.472 e. The highest BCUT2D eigenvalue weighted by molar-refractivity contribution is 7.47. The van der Waals surface area contributed by atoms with E-state index in [1.807, 2.05) is 0 Å². The summed E-state index contributed by atoms with van der Waals surface area (Å²) in [5, 5.41) is 10.7. The number of rotatable bonds is 97. The van der Waals surface area contributed by atoms with E-state index in [0.29, 0.717) is 25.7 Å². The molecule has 0 radical (unpaired) electrons. The fourth-order valence-corrected chi connectivity index (χ4v) is 16.9. The lowest BCUT2D eigenvalue weighted by Gasteiger charge is -2.21. The molecular formula is C96H188O17P2. The Labute approximate surface area is 708 Å². The van der Waals surface area contributed by atoms with E-state index in [4.69, 9.17) is 37.0 Å². The molecule has 0 bridgehead atoms. The van der Waals surface area contributed by atoms with Crippen molar-refractivity contribution >= 4 is 39.5 Å². The van der Waals surface area contributed by atoms with Crippen LogP contribution in [0.25, 0.3) is 0 Å². The van der Waals surface area contributed by atoms with Crippen molar-refractivity contribution in [3.63, 3.8) is 0 Å². The lowest BCUT2D eigenvalue weighted by molar-refractivity contribution is -0.161. The van der Waals surface area contributed by atoms with Gasteiger partial charge in [-0.1, -0.05) is 484 Å². The van der Waals surface area contributed by atoms with E-state index in [2.05, 4.69) is 27.7 Å². The van der Waals surface area contributed by atoms with Gasteiger partial charge in [-0.2, -0.15) is 0 Å². The van der Waals surface area contributed by atoms with Gasteiger partial charge in [0.05, 0.1) is 26.4 Å². The van der Waals surface area contributed by atoms with E-state index < -0.39 is 97.5 Å². The van der Waals surface area contributed by atoms with Gasteiger partial charge in [-0.05, 0) is 25.7 Å². The van der Waals surface area contributed by atoms with Gasteiger partial charge in [-0.3, -0.25) is 37.3 Å². The molecule has 0 saturated carbocycles. The maximum atomic E-state index is 13.2. The fraction of sp³-hybridized carbons (Fsp3) is 0.958. The molecule has 0 aliphatic carbocycles. The number of phosphoric ester groups is 2. The molecule has 0 aromatic rings. The number of phosphoric acid groups is 2. The third-order valence-electron chi connectivity index (χ3n) is 22.9. The van der Waals surface area contributed by atoms with Crippen LogP contribution in [0.4, 0.5) is 0 Å². The monoisotopic (exact) mass is 1680 g/mol. The number of unbranched alkanes of at least 4 members (excludes halogenated alkanes) is 71. The van der Waals surface area contributed by atoms with Crippen LogP contribution in [-0.2, 0) is 65.4 Å². The van der Waals surface area contributed by atoms with Crippen LogP contribution in [0.1, 0.15) is 535 Å². The summed E-state index contributed by atoms with van der Waals surface area (Å²) >= 11 is 0. The molecule has 5 atom stereocenters. The molecule has 684 valence electrons. The highest BCUT2D eigenvalue weighted by Gasteiger charge is 2.31. The summed E-state index contributed by atoms with van der Waals surface area (Å²) in [5.74, 6) is -2.09. The lowest BCUT2D eigenvalue weighted by atomic mass is 10.0. The van der Waals surface area contributed by atoms with Gasteiger partial charge in [0.25, 0.3) is 0 Å². The Bertz CT molecular complexity index is 2160. The van der Waals surface area contributed by atoms with Gasteiger partial charge in [0.2, 0.25) is 0 Å². The summed E-state index contributed by atoms with van der Waals surface area (Å²) < 4.78 is 69.2. The van der Waals surface area contributed by atoms with Gasteiger partial charge in [-0.15, -0.1) is 0 Å². The second-order valence-corrected chi connectivity index (χ2v) is 37.4. The van der Waals surface area contributed by atoms with Crippen LogP contribution < -0.4 is 0 Å². The second-order valence-electron chi connectivity index (χ2n) is 34.5. The number of aliphatic hydroxyl groups is 1. The Morgan fingerprint density at radius 3 is 0.513 bits per heavy atom. The molecule has 0 spiro atoms. The first kappa shape index (κ1) is 113. The number of ether oxygens (including phenoxy) is 4. The van der Waals surface area contributed by atoms with Crippen molar-refractivity contribution in [3.05, 3.63) is 0 Å². The predicted octanol–water partition coefficient (Wildman–Crippen LogP) is 30.4. The quantitative estimate of drug-likeness (QED) is 0.0222. The molecule has 0 saturated heterocycles. The molecule has 0 aromatic heterocycles. The summed E-state index contributed by atoms with van der Waals surface area (Å²) in [6.45, 7) is 5.11. The van der Waals surface area contributed by atoms with Gasteiger partial charge in [-0.25, -0.2) is 9.13 Å². The Hall–Kier alpha value is -1.94. The fourth-order valence-electron chi connectivity index (χ4n) is 15.3. The van der Waals surface area contributed by atoms with Gasteiger partial charge in [0.1, 0.15) is 19.3 Å². The summed E-state index contributed by atoms with van der Waals surface area (Å²) in [7, 11) is -9.94. The maximum Gasteiger partial charge on any atom is 0.472 e. The van der Waals surface area contributed by atoms with Gasteiger partial charge in [0.15, 0.2) is 12.2 Å². The van der Waals surface area contributed by atoms with Gasteiger partial charge < -0.3 is 33.8 Å². The van der Waals surface area contributed by atoms with Crippen molar-refractivity contribution in [1.82, 2.24) is 0 Å². The molecule has 3 N–H and O–H groups in total. The number of esters is 4. The highest BCUT2D eigenvalue weighted by Crippen LogP contribution is 2.45. The van der Waals surface area contributed by atoms with Crippen molar-refractivity contribution in [1.29, 1.82) is 0 Å². The minimum absolute atomic E-state index is 0.110. The lowest BCUT2D eigenvalue weighted by Crippen LogP contribution is -2.30. The van der Waals surface area contributed by atoms with E-state index >= 15 is 0 Å². The SMILES string of the molecule is CCCCCCCCCCCCCCCCCCCCCCCCC(=O)OC[C@H](COP(=O)(O)OC[C@@H](O)COP(=O)(O)OC[C@@H](COC(=O)CCCCCCCCCCCCC)OC(=O)CCCCCCCCCCCCCCCCCCCCCC)OC(=O)CCCCCCCCCCCCCCCCCCCCCCCC. The predicted molar refractivity (Wildman–Crippen MR) is 479 cm³/mol. The second kappa shape index (κ2) is 89.8. The number of carbonyl (C=O) groups excluding carboxylic acids is 4. The van der Waals surface area contributed by atoms with E-state index in [0.717, 1.165) is 89.9 Å². The minimum atomic E-state index is -4.97. The van der Waals surface area contributed by atoms with Crippen LogP contribution in [0.5, 0.6) is 0 Å². The van der Waals surface area contributed by atoms with Crippen molar-refractivity contribution in [2.45, 2.75) is 553 Å². The van der Waals surface area contributed by atoms with Crippen molar-refractivity contribution in [2.24, 2.45) is 0 Å². The first-order valence-electron chi connectivity index (χ1n) is 49.8. The highest BCUT2D eigenvalue weighted by atomic mass is 31.2. The smallest absolute Gasteiger partial charge is 0.462 e. The summed E-state index contributed by atoms with van der Waals surface area (Å²) in [4.78, 5) is 73.6. The molecule has 0 rings (SSSR count). The zero-order valence-corrected chi connectivity index (χ0v) is 77.6. The average molecular weight is 1680 g/mol. The third-order valence-corrected chi connectivity index (χ3v) is 24.8. The Kier molecular flexibility index (Phi) is 88.3. The van der Waals surface area contributed by atoms with E-state index in [1.165, 1.54) is 366 Å². The maximum absolute atomic E-state index is 13.2. The van der Waals surface area contributed by atoms with Crippen molar-refractivity contribution < 1.29 is 80.2 Å². The summed E-state index contributed by atoms with van der Waals surface area (Å²) in [6.07, 6.45) is 89.2. The summed E-state index contributed by atoms with van der Waals surface area (Å²) in [5.41, 5.74) is 0. The number of hydrogen-bond acceptors (Lipinski definition) is 15. The van der Waals surface area contributed by atoms with E-state index in [1.54, 1.807) is 0 Å². The molecule has 2 unspecified atom stereocenters.